The Balaban J connectivity index is 2.01. The summed E-state index contributed by atoms with van der Waals surface area (Å²) < 4.78 is 0. The molecule has 2 N–H and O–H groups in total. The molecule has 0 atom stereocenters. The SMILES string of the molecule is O=C1CCN(c2cccc3c2CNC3=O)C(=O)N1. The van der Waals surface area contributed by atoms with Crippen molar-refractivity contribution in [3.05, 3.63) is 29.3 Å². The molecule has 6 nitrogen and oxygen atoms in total. The van der Waals surface area contributed by atoms with Crippen LogP contribution in [0.2, 0.25) is 0 Å². The molecule has 92 valence electrons. The van der Waals surface area contributed by atoms with Gasteiger partial charge in [-0.2, -0.15) is 0 Å². The molecule has 0 spiro atoms. The van der Waals surface area contributed by atoms with Gasteiger partial charge in [-0.25, -0.2) is 4.79 Å². The zero-order valence-corrected chi connectivity index (χ0v) is 9.53. The number of fused-ring (bicyclic) bond motifs is 1. The van der Waals surface area contributed by atoms with Gasteiger partial charge in [-0.05, 0) is 12.1 Å². The van der Waals surface area contributed by atoms with Gasteiger partial charge in [0.15, 0.2) is 0 Å². The Kier molecular flexibility index (Phi) is 2.29. The summed E-state index contributed by atoms with van der Waals surface area (Å²) in [6.45, 7) is 0.761. The summed E-state index contributed by atoms with van der Waals surface area (Å²) in [7, 11) is 0. The number of nitrogens with one attached hydrogen (secondary N) is 2. The molecule has 3 rings (SSSR count). The minimum absolute atomic E-state index is 0.125. The molecular weight excluding hydrogens is 234 g/mol. The highest BCUT2D eigenvalue weighted by molar-refractivity contribution is 6.07. The molecule has 1 fully saturated rings. The number of nitrogens with zero attached hydrogens (tertiary/aromatic N) is 1. The summed E-state index contributed by atoms with van der Waals surface area (Å²) in [6.07, 6.45) is 0.275. The topological polar surface area (TPSA) is 78.5 Å². The molecule has 0 aliphatic carbocycles. The first-order chi connectivity index (χ1) is 8.66. The van der Waals surface area contributed by atoms with E-state index in [9.17, 15) is 14.4 Å². The summed E-state index contributed by atoms with van der Waals surface area (Å²) in [5, 5.41) is 5.00. The van der Waals surface area contributed by atoms with Gasteiger partial charge < -0.3 is 5.32 Å². The third-order valence-corrected chi connectivity index (χ3v) is 3.17. The molecule has 1 aromatic rings. The predicted octanol–water partition coefficient (Wildman–Crippen LogP) is 0.376. The van der Waals surface area contributed by atoms with Gasteiger partial charge in [0.05, 0.1) is 5.69 Å². The van der Waals surface area contributed by atoms with Crippen molar-refractivity contribution in [1.82, 2.24) is 10.6 Å². The maximum absolute atomic E-state index is 11.8. The number of urea groups is 1. The lowest BCUT2D eigenvalue weighted by Crippen LogP contribution is -2.49. The molecule has 18 heavy (non-hydrogen) atoms. The van der Waals surface area contributed by atoms with Crippen molar-refractivity contribution in [3.8, 4) is 0 Å². The van der Waals surface area contributed by atoms with E-state index < -0.39 is 6.03 Å². The summed E-state index contributed by atoms with van der Waals surface area (Å²) in [6, 6.07) is 4.82. The van der Waals surface area contributed by atoms with E-state index in [1.807, 2.05) is 0 Å². The van der Waals surface area contributed by atoms with E-state index in [1.165, 1.54) is 4.90 Å². The third kappa shape index (κ3) is 1.54. The average Bonchev–Trinajstić information content (AvgIpc) is 2.72. The largest absolute Gasteiger partial charge is 0.348 e. The molecule has 0 bridgehead atoms. The fourth-order valence-corrected chi connectivity index (χ4v) is 2.28. The van der Waals surface area contributed by atoms with Crippen LogP contribution in [0.5, 0.6) is 0 Å². The highest BCUT2D eigenvalue weighted by Gasteiger charge is 2.29. The molecule has 1 saturated heterocycles. The Hall–Kier alpha value is -2.37. The van der Waals surface area contributed by atoms with Crippen molar-refractivity contribution in [2.75, 3.05) is 11.4 Å². The number of carbonyl (C=O) groups excluding carboxylic acids is 3. The minimum atomic E-state index is -0.431. The van der Waals surface area contributed by atoms with Gasteiger partial charge in [0.2, 0.25) is 5.91 Å². The molecule has 0 unspecified atom stereocenters. The predicted molar refractivity (Wildman–Crippen MR) is 63.1 cm³/mol. The van der Waals surface area contributed by atoms with Gasteiger partial charge in [-0.3, -0.25) is 19.8 Å². The Morgan fingerprint density at radius 1 is 1.17 bits per heavy atom. The molecule has 1 aromatic carbocycles. The Labute approximate surface area is 103 Å². The van der Waals surface area contributed by atoms with Crippen molar-refractivity contribution < 1.29 is 14.4 Å². The van der Waals surface area contributed by atoms with Gasteiger partial charge in [-0.1, -0.05) is 6.07 Å². The van der Waals surface area contributed by atoms with E-state index in [1.54, 1.807) is 18.2 Å². The van der Waals surface area contributed by atoms with Crippen molar-refractivity contribution in [2.45, 2.75) is 13.0 Å². The maximum Gasteiger partial charge on any atom is 0.328 e. The maximum atomic E-state index is 11.8. The van der Waals surface area contributed by atoms with Crippen LogP contribution >= 0.6 is 0 Å². The zero-order valence-electron chi connectivity index (χ0n) is 9.53. The number of anilines is 1. The second-order valence-electron chi connectivity index (χ2n) is 4.24. The number of carbonyl (C=O) groups is 3. The lowest BCUT2D eigenvalue weighted by Gasteiger charge is -2.28. The first-order valence-electron chi connectivity index (χ1n) is 5.68. The second kappa shape index (κ2) is 3.83. The van der Waals surface area contributed by atoms with Crippen LogP contribution in [0, 0.1) is 0 Å². The number of hydrogen-bond donors (Lipinski definition) is 2. The highest BCUT2D eigenvalue weighted by Crippen LogP contribution is 2.28. The molecule has 6 heteroatoms. The molecular formula is C12H11N3O3. The van der Waals surface area contributed by atoms with Crippen LogP contribution in [-0.4, -0.2) is 24.4 Å². The van der Waals surface area contributed by atoms with Crippen molar-refractivity contribution in [2.24, 2.45) is 0 Å². The van der Waals surface area contributed by atoms with Crippen molar-refractivity contribution >= 4 is 23.5 Å². The summed E-state index contributed by atoms with van der Waals surface area (Å²) in [4.78, 5) is 35.9. The van der Waals surface area contributed by atoms with Crippen LogP contribution in [0.15, 0.2) is 18.2 Å². The normalized spacial score (nSPS) is 18.4. The van der Waals surface area contributed by atoms with E-state index in [4.69, 9.17) is 0 Å². The fourth-order valence-electron chi connectivity index (χ4n) is 2.28. The van der Waals surface area contributed by atoms with Gasteiger partial charge in [0, 0.05) is 30.6 Å². The lowest BCUT2D eigenvalue weighted by atomic mass is 10.1. The standard InChI is InChI=1S/C12H11N3O3/c16-10-4-5-15(12(18)14-10)9-3-1-2-7-8(9)6-13-11(7)17/h1-3H,4-6H2,(H,13,17)(H,14,16,18). The van der Waals surface area contributed by atoms with E-state index >= 15 is 0 Å². The monoisotopic (exact) mass is 245 g/mol. The Morgan fingerprint density at radius 2 is 2.00 bits per heavy atom. The molecule has 2 aliphatic rings. The van der Waals surface area contributed by atoms with Crippen LogP contribution in [0.3, 0.4) is 0 Å². The van der Waals surface area contributed by atoms with Crippen LogP contribution in [-0.2, 0) is 11.3 Å². The summed E-state index contributed by atoms with van der Waals surface area (Å²) >= 11 is 0. The lowest BCUT2D eigenvalue weighted by molar-refractivity contribution is -0.120. The number of rotatable bonds is 1. The second-order valence-corrected chi connectivity index (χ2v) is 4.24. The quantitative estimate of drug-likeness (QED) is 0.750. The molecule has 2 aliphatic heterocycles. The van der Waals surface area contributed by atoms with Crippen LogP contribution in [0.25, 0.3) is 0 Å². The van der Waals surface area contributed by atoms with Gasteiger partial charge in [0.1, 0.15) is 0 Å². The van der Waals surface area contributed by atoms with Gasteiger partial charge in [-0.15, -0.1) is 0 Å². The smallest absolute Gasteiger partial charge is 0.328 e. The number of benzene rings is 1. The number of amides is 4. The third-order valence-electron chi connectivity index (χ3n) is 3.17. The van der Waals surface area contributed by atoms with Crippen LogP contribution < -0.4 is 15.5 Å². The van der Waals surface area contributed by atoms with E-state index in [0.29, 0.717) is 24.3 Å². The van der Waals surface area contributed by atoms with E-state index in [0.717, 1.165) is 5.56 Å². The molecule has 0 aromatic heterocycles. The molecule has 0 radical (unpaired) electrons. The van der Waals surface area contributed by atoms with Crippen LogP contribution in [0.1, 0.15) is 22.3 Å². The van der Waals surface area contributed by atoms with E-state index in [-0.39, 0.29) is 18.2 Å². The Bertz CT molecular complexity index is 568. The molecule has 0 saturated carbocycles. The van der Waals surface area contributed by atoms with E-state index in [2.05, 4.69) is 10.6 Å². The van der Waals surface area contributed by atoms with Gasteiger partial charge >= 0.3 is 6.03 Å². The van der Waals surface area contributed by atoms with Crippen LogP contribution in [0.4, 0.5) is 10.5 Å². The fraction of sp³-hybridized carbons (Fsp3) is 0.250. The summed E-state index contributed by atoms with van der Waals surface area (Å²) in [5.74, 6) is -0.390. The minimum Gasteiger partial charge on any atom is -0.348 e. The number of imide groups is 1. The van der Waals surface area contributed by atoms with Gasteiger partial charge in [0.25, 0.3) is 5.91 Å². The first kappa shape index (κ1) is 10.8. The number of hydrogen-bond acceptors (Lipinski definition) is 3. The Morgan fingerprint density at radius 3 is 2.78 bits per heavy atom. The molecule has 2 heterocycles. The average molecular weight is 245 g/mol. The summed E-state index contributed by atoms with van der Waals surface area (Å²) in [5.41, 5.74) is 2.10. The molecule has 4 amide bonds. The zero-order chi connectivity index (χ0) is 12.7. The van der Waals surface area contributed by atoms with Crippen molar-refractivity contribution in [3.63, 3.8) is 0 Å². The highest BCUT2D eigenvalue weighted by atomic mass is 16.2. The van der Waals surface area contributed by atoms with Crippen molar-refractivity contribution in [1.29, 1.82) is 0 Å². The first-order valence-corrected chi connectivity index (χ1v) is 5.68.